The molecule has 0 saturated carbocycles. The van der Waals surface area contributed by atoms with Gasteiger partial charge in [0.25, 0.3) is 0 Å². The second-order valence-electron chi connectivity index (χ2n) is 15.9. The molecule has 0 aromatic rings. The summed E-state index contributed by atoms with van der Waals surface area (Å²) < 4.78 is 0. The molecule has 3 aliphatic carbocycles. The van der Waals surface area contributed by atoms with Crippen LogP contribution in [0.3, 0.4) is 0 Å². The molecule has 5 rings (SSSR count). The molecule has 0 radical (unpaired) electrons. The van der Waals surface area contributed by atoms with Crippen LogP contribution in [0.4, 0.5) is 0 Å². The van der Waals surface area contributed by atoms with E-state index in [1.807, 2.05) is 0 Å². The van der Waals surface area contributed by atoms with Gasteiger partial charge >= 0.3 is 0 Å². The summed E-state index contributed by atoms with van der Waals surface area (Å²) in [5, 5.41) is 8.39. The zero-order valence-corrected chi connectivity index (χ0v) is 34.8. The van der Waals surface area contributed by atoms with Crippen LogP contribution in [0.25, 0.3) is 0 Å². The van der Waals surface area contributed by atoms with E-state index < -0.39 is 0 Å². The standard InChI is InChI=1S/C39H64Cl2N4.C3H8.CH4.4H2O/c1-30(2)39(29-45-26-19-36(20-27-45)34-9-13-38(41)14-10-34)43-22-16-32-6-4-3-5-31(32)15-21-42-23-28-44-24-17-35(18-25-44)33-7-11-37(40)12-8-33;1-3-2;;;;;/h4,6-7,9-10,13,30-32,35-39,42-43H,3,5,8,11-12,14-29H2,1-2H3;3H2,1-2H3;1H4;4*1H2/t31?,32?,37?,38?,39-;;;;;;/m0....../s1. The van der Waals surface area contributed by atoms with Gasteiger partial charge < -0.3 is 42.3 Å². The van der Waals surface area contributed by atoms with Crippen LogP contribution in [0.1, 0.15) is 119 Å². The predicted molar refractivity (Wildman–Crippen MR) is 233 cm³/mol. The first-order valence-corrected chi connectivity index (χ1v) is 21.1. The number of alkyl halides is 2. The van der Waals surface area contributed by atoms with Gasteiger partial charge in [0.05, 0.1) is 5.38 Å². The van der Waals surface area contributed by atoms with E-state index in [2.05, 4.69) is 84.6 Å². The highest BCUT2D eigenvalue weighted by molar-refractivity contribution is 6.22. The summed E-state index contributed by atoms with van der Waals surface area (Å²) in [6.45, 7) is 19.8. The van der Waals surface area contributed by atoms with Crippen molar-refractivity contribution in [3.63, 3.8) is 0 Å². The number of nitrogens with zero attached hydrogens (tertiary/aromatic N) is 2. The van der Waals surface area contributed by atoms with Crippen LogP contribution in [0, 0.1) is 29.6 Å². The van der Waals surface area contributed by atoms with Crippen LogP contribution >= 0.6 is 23.2 Å². The minimum atomic E-state index is 0. The topological polar surface area (TPSA) is 157 Å². The molecular weight excluding hydrogens is 707 g/mol. The average molecular weight is 792 g/mol. The molecule has 0 aromatic carbocycles. The first kappa shape index (κ1) is 54.3. The Kier molecular flexibility index (Phi) is 31.1. The average Bonchev–Trinajstić information content (AvgIpc) is 3.10. The van der Waals surface area contributed by atoms with Crippen molar-refractivity contribution in [1.82, 2.24) is 20.4 Å². The Morgan fingerprint density at radius 2 is 1.43 bits per heavy atom. The molecule has 5 atom stereocenters. The Balaban J connectivity index is 0. The van der Waals surface area contributed by atoms with Gasteiger partial charge in [-0.15, -0.1) is 23.2 Å². The summed E-state index contributed by atoms with van der Waals surface area (Å²) in [6, 6.07) is 0.572. The second kappa shape index (κ2) is 30.4. The molecule has 0 spiro atoms. The van der Waals surface area contributed by atoms with Gasteiger partial charge in [0.15, 0.2) is 0 Å². The minimum absolute atomic E-state index is 0. The van der Waals surface area contributed by atoms with Crippen molar-refractivity contribution in [1.29, 1.82) is 0 Å². The molecule has 0 bridgehead atoms. The maximum atomic E-state index is 6.31. The molecule has 2 saturated heterocycles. The molecule has 2 aliphatic heterocycles. The highest BCUT2D eigenvalue weighted by Gasteiger charge is 2.27. The summed E-state index contributed by atoms with van der Waals surface area (Å²) >= 11 is 12.6. The summed E-state index contributed by atoms with van der Waals surface area (Å²) in [6.07, 6.45) is 30.5. The predicted octanol–water partition coefficient (Wildman–Crippen LogP) is 6.94. The van der Waals surface area contributed by atoms with E-state index >= 15 is 0 Å². The fourth-order valence-electron chi connectivity index (χ4n) is 8.60. The summed E-state index contributed by atoms with van der Waals surface area (Å²) in [7, 11) is 0. The number of halogens is 2. The molecule has 10 heteroatoms. The van der Waals surface area contributed by atoms with Crippen molar-refractivity contribution < 1.29 is 21.9 Å². The van der Waals surface area contributed by atoms with Gasteiger partial charge in [0.1, 0.15) is 0 Å². The maximum Gasteiger partial charge on any atom is 0.0553 e. The maximum absolute atomic E-state index is 6.31. The van der Waals surface area contributed by atoms with E-state index in [1.54, 1.807) is 5.57 Å². The lowest BCUT2D eigenvalue weighted by molar-refractivity contribution is 0.165. The number of piperidine rings is 2. The molecule has 0 aromatic heterocycles. The highest BCUT2D eigenvalue weighted by Crippen LogP contribution is 2.34. The molecule has 0 amide bonds. The van der Waals surface area contributed by atoms with Gasteiger partial charge in [0.2, 0.25) is 0 Å². The Labute approximate surface area is 335 Å². The largest absolute Gasteiger partial charge is 0.412 e. The van der Waals surface area contributed by atoms with Crippen molar-refractivity contribution in [3.8, 4) is 0 Å². The number of rotatable bonds is 15. The lowest BCUT2D eigenvalue weighted by Crippen LogP contribution is -2.47. The first-order chi connectivity index (χ1) is 23.4. The highest BCUT2D eigenvalue weighted by atomic mass is 35.5. The van der Waals surface area contributed by atoms with E-state index in [-0.39, 0.29) is 34.7 Å². The van der Waals surface area contributed by atoms with Crippen molar-refractivity contribution >= 4 is 23.2 Å². The molecule has 2 fully saturated rings. The van der Waals surface area contributed by atoms with E-state index in [4.69, 9.17) is 23.2 Å². The van der Waals surface area contributed by atoms with Gasteiger partial charge in [-0.3, -0.25) is 0 Å². The molecule has 5 aliphatic rings. The Bertz CT molecular complexity index is 1030. The fraction of sp³-hybridized carbons (Fsp3) is 0.814. The smallest absolute Gasteiger partial charge is 0.0553 e. The van der Waals surface area contributed by atoms with Crippen LogP contribution < -0.4 is 10.6 Å². The van der Waals surface area contributed by atoms with Gasteiger partial charge in [-0.2, -0.15) is 0 Å². The third-order valence-electron chi connectivity index (χ3n) is 11.8. The summed E-state index contributed by atoms with van der Waals surface area (Å²) in [5.74, 6) is 3.75. The lowest BCUT2D eigenvalue weighted by Gasteiger charge is -2.37. The van der Waals surface area contributed by atoms with E-state index in [0.717, 1.165) is 56.1 Å². The number of nitrogens with one attached hydrogen (secondary N) is 2. The van der Waals surface area contributed by atoms with Crippen LogP contribution in [0.5, 0.6) is 0 Å². The lowest BCUT2D eigenvalue weighted by atomic mass is 9.80. The number of allylic oxidation sites excluding steroid dienone is 8. The summed E-state index contributed by atoms with van der Waals surface area (Å²) in [5.41, 5.74) is 3.24. The molecule has 10 N–H and O–H groups in total. The molecule has 53 heavy (non-hydrogen) atoms. The fourth-order valence-corrected chi connectivity index (χ4v) is 8.96. The quantitative estimate of drug-likeness (QED) is 0.105. The van der Waals surface area contributed by atoms with E-state index in [1.165, 1.54) is 115 Å². The van der Waals surface area contributed by atoms with Crippen molar-refractivity contribution in [2.45, 2.75) is 135 Å². The van der Waals surface area contributed by atoms with Gasteiger partial charge in [-0.25, -0.2) is 0 Å². The minimum Gasteiger partial charge on any atom is -0.412 e. The Hall–Kier alpha value is -0.780. The van der Waals surface area contributed by atoms with Crippen LogP contribution in [0.2, 0.25) is 0 Å². The van der Waals surface area contributed by atoms with Crippen LogP contribution in [0.15, 0.2) is 47.6 Å². The monoisotopic (exact) mass is 791 g/mol. The van der Waals surface area contributed by atoms with Crippen LogP contribution in [-0.2, 0) is 0 Å². The molecular formula is C43H84Cl2N4O4. The number of hydrogen-bond donors (Lipinski definition) is 2. The molecule has 4 unspecified atom stereocenters. The zero-order chi connectivity index (χ0) is 34.1. The number of likely N-dealkylation sites (tertiary alicyclic amines) is 2. The molecule has 2 heterocycles. The van der Waals surface area contributed by atoms with E-state index in [9.17, 15) is 0 Å². The zero-order valence-electron chi connectivity index (χ0n) is 33.3. The third kappa shape index (κ3) is 19.3. The van der Waals surface area contributed by atoms with E-state index in [0.29, 0.717) is 17.3 Å². The van der Waals surface area contributed by atoms with Crippen molar-refractivity contribution in [2.24, 2.45) is 29.6 Å². The Morgan fingerprint density at radius 1 is 0.774 bits per heavy atom. The Morgan fingerprint density at radius 3 is 2.04 bits per heavy atom. The van der Waals surface area contributed by atoms with Crippen LogP contribution in [-0.4, -0.2) is 107 Å². The number of hydrogen-bond acceptors (Lipinski definition) is 4. The van der Waals surface area contributed by atoms with Gasteiger partial charge in [-0.1, -0.05) is 83.6 Å². The van der Waals surface area contributed by atoms with Crippen molar-refractivity contribution in [3.05, 3.63) is 47.6 Å². The second-order valence-corrected chi connectivity index (χ2v) is 17.1. The van der Waals surface area contributed by atoms with Gasteiger partial charge in [0, 0.05) is 31.1 Å². The molecule has 314 valence electrons. The van der Waals surface area contributed by atoms with Gasteiger partial charge in [-0.05, 0) is 151 Å². The van der Waals surface area contributed by atoms with Crippen molar-refractivity contribution in [2.75, 3.05) is 58.9 Å². The third-order valence-corrected chi connectivity index (χ3v) is 12.5. The normalized spacial score (nSPS) is 25.9. The molecule has 8 nitrogen and oxygen atoms in total. The summed E-state index contributed by atoms with van der Waals surface area (Å²) in [4.78, 5) is 5.40. The SMILES string of the molecule is C.CC(C)[C@H](CN1CCC(C2=CCC(Cl)C=C2)CC1)NCCC1C=CCCC1CCNCCN1CCC(C2=CCC(Cl)CC2)CC1.CCC.O.O.O.O. The first-order valence-electron chi connectivity index (χ1n) is 20.3.